The second kappa shape index (κ2) is 4.74. The van der Waals surface area contributed by atoms with E-state index >= 15 is 0 Å². The normalized spacial score (nSPS) is 16.3. The molecule has 0 spiro atoms. The molecule has 0 amide bonds. The highest BCUT2D eigenvalue weighted by Crippen LogP contribution is 2.52. The molecule has 2 aromatic carbocycles. The largest absolute Gasteiger partial charge is 0.380 e. The van der Waals surface area contributed by atoms with Gasteiger partial charge in [-0.2, -0.15) is 0 Å². The van der Waals surface area contributed by atoms with Crippen LogP contribution >= 0.6 is 23.2 Å². The smallest absolute Gasteiger partial charge is 0.120 e. The van der Waals surface area contributed by atoms with E-state index in [-0.39, 0.29) is 5.41 Å². The molecule has 3 rings (SSSR count). The minimum Gasteiger partial charge on any atom is -0.380 e. The Morgan fingerprint density at radius 3 is 1.71 bits per heavy atom. The minimum absolute atomic E-state index is 0.383. The molecule has 0 fully saturated rings. The molecule has 0 saturated carbocycles. The Bertz CT molecular complexity index is 662. The zero-order chi connectivity index (χ0) is 15.4. The third-order valence-corrected chi connectivity index (χ3v) is 5.16. The van der Waals surface area contributed by atoms with Crippen molar-refractivity contribution in [2.45, 2.75) is 32.8 Å². The van der Waals surface area contributed by atoms with Crippen molar-refractivity contribution in [2.75, 3.05) is 0 Å². The van der Waals surface area contributed by atoms with E-state index in [9.17, 15) is 5.11 Å². The summed E-state index contributed by atoms with van der Waals surface area (Å²) in [6.45, 7) is 6.11. The molecule has 0 atom stereocenters. The molecule has 0 aliphatic heterocycles. The van der Waals surface area contributed by atoms with E-state index in [0.29, 0.717) is 16.5 Å². The Balaban J connectivity index is 2.41. The summed E-state index contributed by atoms with van der Waals surface area (Å²) < 4.78 is 0. The van der Waals surface area contributed by atoms with Gasteiger partial charge >= 0.3 is 0 Å². The summed E-state index contributed by atoms with van der Waals surface area (Å²) in [5.41, 5.74) is 2.22. The zero-order valence-electron chi connectivity index (χ0n) is 12.4. The van der Waals surface area contributed by atoms with Gasteiger partial charge < -0.3 is 5.11 Å². The first-order valence-electron chi connectivity index (χ1n) is 7.05. The van der Waals surface area contributed by atoms with E-state index in [0.717, 1.165) is 22.3 Å². The van der Waals surface area contributed by atoms with Gasteiger partial charge in [-0.05, 0) is 39.8 Å². The highest BCUT2D eigenvalue weighted by Gasteiger charge is 2.48. The first-order valence-corrected chi connectivity index (χ1v) is 7.80. The van der Waals surface area contributed by atoms with Crippen molar-refractivity contribution in [3.05, 3.63) is 68.7 Å². The van der Waals surface area contributed by atoms with Gasteiger partial charge in [-0.25, -0.2) is 0 Å². The lowest BCUT2D eigenvalue weighted by Gasteiger charge is -2.46. The van der Waals surface area contributed by atoms with Crippen molar-refractivity contribution in [1.82, 2.24) is 0 Å². The Hall–Kier alpha value is -1.02. The maximum absolute atomic E-state index is 11.6. The van der Waals surface area contributed by atoms with Gasteiger partial charge in [-0.15, -0.1) is 0 Å². The van der Waals surface area contributed by atoms with E-state index in [4.69, 9.17) is 23.2 Å². The van der Waals surface area contributed by atoms with Crippen LogP contribution in [0.4, 0.5) is 0 Å². The van der Waals surface area contributed by atoms with Crippen LogP contribution in [0.1, 0.15) is 43.0 Å². The van der Waals surface area contributed by atoms with Crippen LogP contribution in [-0.2, 0) is 12.0 Å². The predicted octanol–water partition coefficient (Wildman–Crippen LogP) is 5.18. The summed E-state index contributed by atoms with van der Waals surface area (Å²) in [5.74, 6) is 0. The van der Waals surface area contributed by atoms with Crippen LogP contribution in [0.2, 0.25) is 10.0 Å². The molecule has 1 nitrogen and oxygen atoms in total. The molecule has 1 aliphatic carbocycles. The fourth-order valence-corrected chi connectivity index (χ4v) is 3.77. The lowest BCUT2D eigenvalue weighted by Crippen LogP contribution is -2.44. The summed E-state index contributed by atoms with van der Waals surface area (Å²) in [4.78, 5) is 0. The number of benzene rings is 2. The summed E-state index contributed by atoms with van der Waals surface area (Å²) in [6, 6.07) is 11.5. The van der Waals surface area contributed by atoms with Gasteiger partial charge in [0.25, 0.3) is 0 Å². The summed E-state index contributed by atoms with van der Waals surface area (Å²) in [6.07, 6.45) is 0.655. The summed E-state index contributed by atoms with van der Waals surface area (Å²) in [7, 11) is 0. The van der Waals surface area contributed by atoms with Crippen molar-refractivity contribution in [3.8, 4) is 0 Å². The number of aliphatic hydroxyl groups is 1. The first-order chi connectivity index (χ1) is 9.76. The van der Waals surface area contributed by atoms with Gasteiger partial charge in [0.15, 0.2) is 0 Å². The molecule has 0 aromatic heterocycles. The highest BCUT2D eigenvalue weighted by atomic mass is 35.5. The SMILES string of the molecule is CC(C)(C)C1(O)c2cccc(Cl)c2Cc2c(Cl)cccc21. The molecule has 1 aliphatic rings. The van der Waals surface area contributed by atoms with Gasteiger partial charge in [0.05, 0.1) is 0 Å². The number of fused-ring (bicyclic) bond motifs is 2. The Morgan fingerprint density at radius 1 is 0.905 bits per heavy atom. The Morgan fingerprint density at radius 2 is 1.33 bits per heavy atom. The van der Waals surface area contributed by atoms with Crippen LogP contribution < -0.4 is 0 Å². The zero-order valence-corrected chi connectivity index (χ0v) is 13.9. The second-order valence-corrected chi connectivity index (χ2v) is 7.48. The molecule has 0 saturated heterocycles. The third-order valence-electron chi connectivity index (χ3n) is 4.46. The molecule has 0 bridgehead atoms. The predicted molar refractivity (Wildman–Crippen MR) is 88.2 cm³/mol. The maximum atomic E-state index is 11.6. The third kappa shape index (κ3) is 2.03. The number of halogens is 2. The number of hydrogen-bond donors (Lipinski definition) is 1. The molecule has 0 radical (unpaired) electrons. The van der Waals surface area contributed by atoms with Crippen molar-refractivity contribution in [1.29, 1.82) is 0 Å². The molecule has 2 aromatic rings. The van der Waals surface area contributed by atoms with Crippen molar-refractivity contribution in [3.63, 3.8) is 0 Å². The highest BCUT2D eigenvalue weighted by molar-refractivity contribution is 6.32. The quantitative estimate of drug-likeness (QED) is 0.709. The van der Waals surface area contributed by atoms with Crippen LogP contribution in [-0.4, -0.2) is 5.11 Å². The van der Waals surface area contributed by atoms with Crippen molar-refractivity contribution < 1.29 is 5.11 Å². The van der Waals surface area contributed by atoms with E-state index in [1.807, 2.05) is 57.2 Å². The van der Waals surface area contributed by atoms with E-state index in [2.05, 4.69) is 0 Å². The molecule has 110 valence electrons. The molecule has 3 heteroatoms. The molecule has 1 N–H and O–H groups in total. The fraction of sp³-hybridized carbons (Fsp3) is 0.333. The first kappa shape index (κ1) is 14.9. The lowest BCUT2D eigenvalue weighted by molar-refractivity contribution is -0.0290. The average Bonchev–Trinajstić information content (AvgIpc) is 2.40. The summed E-state index contributed by atoms with van der Waals surface area (Å²) >= 11 is 12.8. The van der Waals surface area contributed by atoms with E-state index in [1.54, 1.807) is 0 Å². The Kier molecular flexibility index (Phi) is 3.36. The van der Waals surface area contributed by atoms with Gasteiger partial charge in [0.1, 0.15) is 5.60 Å². The van der Waals surface area contributed by atoms with Gasteiger partial charge in [0, 0.05) is 16.5 Å². The fourth-order valence-electron chi connectivity index (χ4n) is 3.28. The van der Waals surface area contributed by atoms with E-state index < -0.39 is 5.60 Å². The summed E-state index contributed by atoms with van der Waals surface area (Å²) in [5, 5.41) is 13.0. The standard InChI is InChI=1S/C18H18Cl2O/c1-17(2,3)18(21)13-6-4-8-15(19)11(13)10-12-14(18)7-5-9-16(12)20/h4-9,21H,10H2,1-3H3. The second-order valence-electron chi connectivity index (χ2n) is 6.67. The van der Waals surface area contributed by atoms with Crippen LogP contribution in [0.5, 0.6) is 0 Å². The number of hydrogen-bond acceptors (Lipinski definition) is 1. The molecular weight excluding hydrogens is 303 g/mol. The van der Waals surface area contributed by atoms with Gasteiger partial charge in [-0.3, -0.25) is 0 Å². The van der Waals surface area contributed by atoms with Gasteiger partial charge in [0.2, 0.25) is 0 Å². The van der Waals surface area contributed by atoms with Crippen LogP contribution in [0.25, 0.3) is 0 Å². The number of rotatable bonds is 0. The molecule has 0 unspecified atom stereocenters. The monoisotopic (exact) mass is 320 g/mol. The molecule has 0 heterocycles. The lowest BCUT2D eigenvalue weighted by atomic mass is 9.63. The molecular formula is C18H18Cl2O. The van der Waals surface area contributed by atoms with Crippen LogP contribution in [0, 0.1) is 5.41 Å². The van der Waals surface area contributed by atoms with Crippen molar-refractivity contribution in [2.24, 2.45) is 5.41 Å². The van der Waals surface area contributed by atoms with Gasteiger partial charge in [-0.1, -0.05) is 68.2 Å². The average molecular weight is 321 g/mol. The topological polar surface area (TPSA) is 20.2 Å². The maximum Gasteiger partial charge on any atom is 0.120 e. The Labute approximate surface area is 135 Å². The van der Waals surface area contributed by atoms with Crippen molar-refractivity contribution >= 4 is 23.2 Å². The van der Waals surface area contributed by atoms with E-state index in [1.165, 1.54) is 0 Å². The minimum atomic E-state index is -1.11. The molecule has 21 heavy (non-hydrogen) atoms. The van der Waals surface area contributed by atoms with Crippen LogP contribution in [0.3, 0.4) is 0 Å². The van der Waals surface area contributed by atoms with Crippen LogP contribution in [0.15, 0.2) is 36.4 Å².